The third kappa shape index (κ3) is 13.5. The average molecular weight is 1280 g/mol. The Labute approximate surface area is 542 Å². The molecule has 15 rings (SSSR count). The van der Waals surface area contributed by atoms with Gasteiger partial charge in [-0.25, -0.2) is 23.7 Å². The number of piperazine rings is 3. The van der Waals surface area contributed by atoms with Crippen molar-refractivity contribution in [1.82, 2.24) is 113 Å². The van der Waals surface area contributed by atoms with E-state index >= 15 is 0 Å². The maximum atomic E-state index is 6.95. The number of likely N-dealkylation sites (N-methyl/N-ethyl adjacent to an activating group) is 3. The largest absolute Gasteiger partial charge is 0.349 e. The number of hydrogen-bond donors (Lipinski definition) is 0. The lowest BCUT2D eigenvalue weighted by Gasteiger charge is -2.32. The Hall–Kier alpha value is -8.36. The Balaban J connectivity index is 0.000000125. The average Bonchev–Trinajstić information content (AvgIpc) is 1.68. The van der Waals surface area contributed by atoms with Gasteiger partial charge in [0.25, 0.3) is 0 Å². The Kier molecular flexibility index (Phi) is 18.9. The van der Waals surface area contributed by atoms with Crippen molar-refractivity contribution in [3.05, 3.63) is 162 Å². The van der Waals surface area contributed by atoms with Gasteiger partial charge in [-0.3, -0.25) is 19.3 Å². The smallest absolute Gasteiger partial charge is 0.195 e. The molecule has 12 aromatic rings. The van der Waals surface area contributed by atoms with Gasteiger partial charge in [0.2, 0.25) is 0 Å². The van der Waals surface area contributed by atoms with Crippen molar-refractivity contribution in [3.8, 4) is 56.8 Å². The molecular formula is C65H72Cl3N23. The fourth-order valence-corrected chi connectivity index (χ4v) is 12.7. The van der Waals surface area contributed by atoms with E-state index in [-0.39, 0.29) is 0 Å². The van der Waals surface area contributed by atoms with Crippen LogP contribution in [-0.4, -0.2) is 233 Å². The van der Waals surface area contributed by atoms with E-state index in [1.54, 1.807) is 28.0 Å². The van der Waals surface area contributed by atoms with Gasteiger partial charge in [0.1, 0.15) is 34.1 Å². The molecule has 468 valence electrons. The van der Waals surface area contributed by atoms with E-state index < -0.39 is 0 Å². The van der Waals surface area contributed by atoms with Crippen molar-refractivity contribution in [2.24, 2.45) is 7.05 Å². The van der Waals surface area contributed by atoms with Crippen LogP contribution in [0.4, 0.5) is 0 Å². The summed E-state index contributed by atoms with van der Waals surface area (Å²) in [5, 5.41) is 50.0. The lowest BCUT2D eigenvalue weighted by Crippen LogP contribution is -2.45. The molecule has 0 bridgehead atoms. The molecule has 0 unspecified atom stereocenters. The first-order valence-corrected chi connectivity index (χ1v) is 31.9. The number of nitrogens with zero attached hydrogens (tertiary/aromatic N) is 23. The first-order chi connectivity index (χ1) is 44.5. The summed E-state index contributed by atoms with van der Waals surface area (Å²) in [4.78, 5) is 18.6. The number of aromatic nitrogens is 17. The van der Waals surface area contributed by atoms with Gasteiger partial charge in [0.05, 0.1) is 51.5 Å². The molecule has 91 heavy (non-hydrogen) atoms. The van der Waals surface area contributed by atoms with Crippen LogP contribution < -0.4 is 0 Å². The first kappa shape index (κ1) is 61.5. The van der Waals surface area contributed by atoms with Gasteiger partial charge < -0.3 is 19.3 Å². The summed E-state index contributed by atoms with van der Waals surface area (Å²) in [6.45, 7) is 18.0. The number of imidazole rings is 1. The predicted molar refractivity (Wildman–Crippen MR) is 358 cm³/mol. The zero-order chi connectivity index (χ0) is 62.4. The van der Waals surface area contributed by atoms with E-state index in [4.69, 9.17) is 50.1 Å². The van der Waals surface area contributed by atoms with Crippen LogP contribution >= 0.6 is 34.8 Å². The van der Waals surface area contributed by atoms with E-state index in [1.807, 2.05) is 141 Å². The summed E-state index contributed by atoms with van der Waals surface area (Å²) in [5.41, 5.74) is 9.28. The summed E-state index contributed by atoms with van der Waals surface area (Å²) in [6, 6.07) is 36.1. The fraction of sp³-hybridized carbons (Fsp3) is 0.338. The number of fused-ring (bicyclic) bond motifs is 3. The van der Waals surface area contributed by atoms with Gasteiger partial charge in [-0.1, -0.05) is 126 Å². The first-order valence-electron chi connectivity index (χ1n) is 30.8. The van der Waals surface area contributed by atoms with Crippen LogP contribution in [0, 0.1) is 0 Å². The second-order valence-corrected chi connectivity index (χ2v) is 24.4. The zero-order valence-electron chi connectivity index (χ0n) is 51.5. The molecule has 0 N–H and O–H groups in total. The Morgan fingerprint density at radius 3 is 1.19 bits per heavy atom. The second kappa shape index (κ2) is 28.0. The van der Waals surface area contributed by atoms with Gasteiger partial charge in [-0.15, -0.1) is 30.6 Å². The van der Waals surface area contributed by atoms with Crippen LogP contribution in [0.25, 0.3) is 89.9 Å². The summed E-state index contributed by atoms with van der Waals surface area (Å²) in [7, 11) is 8.49. The molecule has 0 aliphatic carbocycles. The topological polar surface area (TPSA) is 191 Å². The fourth-order valence-electron chi connectivity index (χ4n) is 11.8. The van der Waals surface area contributed by atoms with Gasteiger partial charge in [0, 0.05) is 153 Å². The SMILES string of the molecule is CN1CCN(CCn2nc(-c3ccccc3)c3c(Cl)c(-c4cccn4C)nnc32)CC1.CN1CCN(CCn2nc(-c3ccccc3)c3c(Cl)c(-n4cccn4)nnc32)CC1.CN1CCN(CCn2nc(-c3ccccc3)c3c(Cl)c(-n4ccnc4)nnc32)CC1. The highest BCUT2D eigenvalue weighted by atomic mass is 35.5. The molecule has 3 saturated heterocycles. The van der Waals surface area contributed by atoms with Crippen molar-refractivity contribution in [1.29, 1.82) is 0 Å². The summed E-state index contributed by atoms with van der Waals surface area (Å²) < 4.78 is 11.2. The second-order valence-electron chi connectivity index (χ2n) is 23.3. The van der Waals surface area contributed by atoms with Crippen LogP contribution in [0.15, 0.2) is 147 Å². The molecule has 0 radical (unpaired) electrons. The monoisotopic (exact) mass is 1280 g/mol. The normalized spacial score (nSPS) is 15.8. The number of rotatable bonds is 15. The quantitative estimate of drug-likeness (QED) is 0.0948. The van der Waals surface area contributed by atoms with Crippen LogP contribution in [0.1, 0.15) is 0 Å². The van der Waals surface area contributed by atoms with Crippen LogP contribution in [-0.2, 0) is 26.7 Å². The lowest BCUT2D eigenvalue weighted by atomic mass is 10.1. The van der Waals surface area contributed by atoms with E-state index in [1.165, 1.54) is 0 Å². The lowest BCUT2D eigenvalue weighted by molar-refractivity contribution is 0.149. The number of halogens is 3. The maximum Gasteiger partial charge on any atom is 0.195 e. The van der Waals surface area contributed by atoms with Crippen molar-refractivity contribution in [2.75, 3.05) is 119 Å². The molecule has 23 nitrogen and oxygen atoms in total. The minimum Gasteiger partial charge on any atom is -0.349 e. The highest BCUT2D eigenvalue weighted by Crippen LogP contribution is 2.39. The van der Waals surface area contributed by atoms with Crippen LogP contribution in [0.5, 0.6) is 0 Å². The minimum absolute atomic E-state index is 0.505. The number of aryl methyl sites for hydroxylation is 1. The molecule has 0 spiro atoms. The molecule has 0 amide bonds. The van der Waals surface area contributed by atoms with Gasteiger partial charge in [-0.05, 0) is 39.3 Å². The third-order valence-corrected chi connectivity index (χ3v) is 18.3. The Morgan fingerprint density at radius 2 is 0.791 bits per heavy atom. The van der Waals surface area contributed by atoms with E-state index in [2.05, 4.69) is 103 Å². The standard InChI is InChI=1S/C23H26ClN7.2C21H23ClN8/c1-28-11-13-30(14-12-28)15-16-31-23-19(21(27-31)17-7-4-3-5-8-17)20(24)22(25-26-23)18-9-6-10-29(18)2;1-27-10-12-28(13-11-27)14-15-30-20-17(19(26-30)16-6-3-2-4-7-16)18(22)21(25-24-20)29-9-5-8-23-29;1-27-9-11-28(12-10-27)13-14-30-20-17(19(26-30)16-5-3-2-4-6-16)18(22)21(25-24-20)29-8-7-23-15-29/h3-10H,11-16H2,1-2H3;2-9H,10-15H2,1H3;2-8,15H,9-14H2,1H3. The summed E-state index contributed by atoms with van der Waals surface area (Å²) >= 11 is 20.6. The zero-order valence-corrected chi connectivity index (χ0v) is 53.8. The Bertz CT molecular complexity index is 4150. The van der Waals surface area contributed by atoms with Crippen LogP contribution in [0.3, 0.4) is 0 Å². The predicted octanol–water partition coefficient (Wildman–Crippen LogP) is 8.56. The molecule has 3 aromatic carbocycles. The highest BCUT2D eigenvalue weighted by Gasteiger charge is 2.27. The van der Waals surface area contributed by atoms with Gasteiger partial charge in [0.15, 0.2) is 28.6 Å². The van der Waals surface area contributed by atoms with E-state index in [0.717, 1.165) is 179 Å². The van der Waals surface area contributed by atoms with Crippen molar-refractivity contribution < 1.29 is 0 Å². The summed E-state index contributed by atoms with van der Waals surface area (Å²) in [6.07, 6.45) is 10.7. The molecular weight excluding hydrogens is 1210 g/mol. The molecule has 26 heteroatoms. The number of benzene rings is 3. The summed E-state index contributed by atoms with van der Waals surface area (Å²) in [5.74, 6) is 1.06. The van der Waals surface area contributed by atoms with Crippen LogP contribution in [0.2, 0.25) is 15.1 Å². The van der Waals surface area contributed by atoms with Crippen molar-refractivity contribution in [2.45, 2.75) is 19.6 Å². The van der Waals surface area contributed by atoms with Crippen molar-refractivity contribution in [3.63, 3.8) is 0 Å². The van der Waals surface area contributed by atoms with Crippen molar-refractivity contribution >= 4 is 67.9 Å². The minimum atomic E-state index is 0.505. The van der Waals surface area contributed by atoms with E-state index in [0.29, 0.717) is 43.7 Å². The molecule has 3 aliphatic heterocycles. The molecule has 0 atom stereocenters. The molecule has 9 aromatic heterocycles. The molecule has 12 heterocycles. The molecule has 3 aliphatic rings. The third-order valence-electron chi connectivity index (χ3n) is 17.2. The highest BCUT2D eigenvalue weighted by molar-refractivity contribution is 6.39. The maximum absolute atomic E-state index is 6.95. The van der Waals surface area contributed by atoms with Gasteiger partial charge in [-0.2, -0.15) is 20.4 Å². The molecule has 0 saturated carbocycles. The number of hydrogen-bond acceptors (Lipinski definition) is 17. The van der Waals surface area contributed by atoms with Gasteiger partial charge >= 0.3 is 0 Å². The Morgan fingerprint density at radius 1 is 0.374 bits per heavy atom. The van der Waals surface area contributed by atoms with E-state index in [9.17, 15) is 0 Å². The molecule has 3 fully saturated rings.